The smallest absolute Gasteiger partial charge is 0.276 e. The Morgan fingerprint density at radius 2 is 1.90 bits per heavy atom. The lowest BCUT2D eigenvalue weighted by atomic mass is 9.98. The summed E-state index contributed by atoms with van der Waals surface area (Å²) in [7, 11) is 0. The number of aliphatic hydroxyl groups is 2. The van der Waals surface area contributed by atoms with Gasteiger partial charge in [-0.15, -0.1) is 0 Å². The second-order valence-electron chi connectivity index (χ2n) is 7.90. The van der Waals surface area contributed by atoms with Crippen LogP contribution in [0.15, 0.2) is 53.1 Å². The highest BCUT2D eigenvalue weighted by Gasteiger charge is 2.46. The fraction of sp³-hybridized carbons (Fsp3) is 0.417. The molecule has 1 aliphatic heterocycles. The first-order valence-electron chi connectivity index (χ1n) is 9.80. The number of allylic oxidation sites excluding steroid dienone is 3. The molecule has 0 bridgehead atoms. The third-order valence-corrected chi connectivity index (χ3v) is 4.96. The third-order valence-electron chi connectivity index (χ3n) is 4.96. The first-order chi connectivity index (χ1) is 13.5. The zero-order valence-corrected chi connectivity index (χ0v) is 17.8. The molecule has 2 atom stereocenters. The van der Waals surface area contributed by atoms with Gasteiger partial charge in [0, 0.05) is 6.42 Å². The molecule has 0 saturated heterocycles. The van der Waals surface area contributed by atoms with E-state index in [1.54, 1.807) is 31.2 Å². The Bertz CT molecular complexity index is 887. The minimum Gasteiger partial charge on any atom is -0.453 e. The summed E-state index contributed by atoms with van der Waals surface area (Å²) in [6, 6.07) is 5.29. The van der Waals surface area contributed by atoms with Gasteiger partial charge in [-0.1, -0.05) is 35.4 Å². The van der Waals surface area contributed by atoms with Gasteiger partial charge in [-0.2, -0.15) is 0 Å². The number of aryl methyl sites for hydroxylation is 1. The Morgan fingerprint density at radius 3 is 2.52 bits per heavy atom. The molecule has 0 aliphatic carbocycles. The van der Waals surface area contributed by atoms with Gasteiger partial charge in [-0.25, -0.2) is 0 Å². The minimum absolute atomic E-state index is 0.0622. The normalized spacial score (nSPS) is 20.2. The standard InChI is InChI=1S/C24H30O5/c1-15(2)14-19(25)22(26)18(5)10-6-8-16(3)12-13-24(28)23(27)21-17(4)9-7-11-20(21)29-24/h7,9-12,14,19,25,28H,6,8,13H2,1-5H3. The highest BCUT2D eigenvalue weighted by Crippen LogP contribution is 2.37. The maximum Gasteiger partial charge on any atom is 0.276 e. The largest absolute Gasteiger partial charge is 0.453 e. The van der Waals surface area contributed by atoms with E-state index in [0.717, 1.165) is 16.7 Å². The lowest BCUT2D eigenvalue weighted by molar-refractivity contribution is -0.121. The van der Waals surface area contributed by atoms with Crippen molar-refractivity contribution in [3.05, 3.63) is 64.3 Å². The van der Waals surface area contributed by atoms with Gasteiger partial charge >= 0.3 is 0 Å². The van der Waals surface area contributed by atoms with Gasteiger partial charge in [0.05, 0.1) is 5.56 Å². The molecule has 2 rings (SSSR count). The van der Waals surface area contributed by atoms with Crippen molar-refractivity contribution in [3.8, 4) is 5.75 Å². The van der Waals surface area contributed by atoms with Gasteiger partial charge in [0.1, 0.15) is 11.9 Å². The second kappa shape index (κ2) is 9.33. The van der Waals surface area contributed by atoms with Crippen molar-refractivity contribution in [3.63, 3.8) is 0 Å². The van der Waals surface area contributed by atoms with Crippen LogP contribution >= 0.6 is 0 Å². The predicted molar refractivity (Wildman–Crippen MR) is 113 cm³/mol. The summed E-state index contributed by atoms with van der Waals surface area (Å²) >= 11 is 0. The summed E-state index contributed by atoms with van der Waals surface area (Å²) in [5.41, 5.74) is 3.60. The topological polar surface area (TPSA) is 83.8 Å². The van der Waals surface area contributed by atoms with Crippen LogP contribution in [0.1, 0.15) is 62.9 Å². The molecule has 0 saturated carbocycles. The Kier molecular flexibility index (Phi) is 7.33. The molecule has 0 radical (unpaired) electrons. The van der Waals surface area contributed by atoms with Gasteiger partial charge in [0.15, 0.2) is 5.78 Å². The number of aliphatic hydroxyl groups excluding tert-OH is 1. The number of ketones is 2. The minimum atomic E-state index is -1.87. The highest BCUT2D eigenvalue weighted by atomic mass is 16.6. The first kappa shape index (κ1) is 22.8. The van der Waals surface area contributed by atoms with Gasteiger partial charge < -0.3 is 14.9 Å². The molecule has 1 aromatic rings. The summed E-state index contributed by atoms with van der Waals surface area (Å²) in [4.78, 5) is 24.7. The number of hydrogen-bond acceptors (Lipinski definition) is 5. The number of carbonyl (C=O) groups excluding carboxylic acids is 2. The lowest BCUT2D eigenvalue weighted by Gasteiger charge is -2.19. The van der Waals surface area contributed by atoms with Gasteiger partial charge in [-0.05, 0) is 70.7 Å². The van der Waals surface area contributed by atoms with Gasteiger partial charge in [0.2, 0.25) is 5.78 Å². The van der Waals surface area contributed by atoms with Crippen LogP contribution in [0.3, 0.4) is 0 Å². The number of benzene rings is 1. The third kappa shape index (κ3) is 5.52. The van der Waals surface area contributed by atoms with E-state index < -0.39 is 17.7 Å². The van der Waals surface area contributed by atoms with Crippen LogP contribution in [0, 0.1) is 6.92 Å². The summed E-state index contributed by atoms with van der Waals surface area (Å²) in [5.74, 6) is -2.17. The molecule has 29 heavy (non-hydrogen) atoms. The zero-order chi connectivity index (χ0) is 21.8. The molecule has 0 spiro atoms. The zero-order valence-electron chi connectivity index (χ0n) is 17.8. The second-order valence-corrected chi connectivity index (χ2v) is 7.90. The molecular formula is C24H30O5. The van der Waals surface area contributed by atoms with E-state index in [1.165, 1.54) is 6.08 Å². The monoisotopic (exact) mass is 398 g/mol. The van der Waals surface area contributed by atoms with Crippen LogP contribution in [-0.4, -0.2) is 33.7 Å². The SMILES string of the molecule is CC(C)=CC(O)C(=O)C(C)=CCCC(C)=CCC1(O)Oc2cccc(C)c2C1=O. The van der Waals surface area contributed by atoms with E-state index in [4.69, 9.17) is 4.74 Å². The van der Waals surface area contributed by atoms with E-state index in [1.807, 2.05) is 33.8 Å². The average molecular weight is 398 g/mol. The molecule has 1 heterocycles. The average Bonchev–Trinajstić information content (AvgIpc) is 2.90. The Morgan fingerprint density at radius 1 is 1.21 bits per heavy atom. The van der Waals surface area contributed by atoms with Crippen molar-refractivity contribution < 1.29 is 24.5 Å². The van der Waals surface area contributed by atoms with Crippen LogP contribution in [0.4, 0.5) is 0 Å². The van der Waals surface area contributed by atoms with Gasteiger partial charge in [-0.3, -0.25) is 9.59 Å². The molecule has 2 unspecified atom stereocenters. The quantitative estimate of drug-likeness (QED) is 0.506. The number of rotatable bonds is 8. The van der Waals surface area contributed by atoms with Crippen molar-refractivity contribution in [1.82, 2.24) is 0 Å². The molecule has 156 valence electrons. The van der Waals surface area contributed by atoms with E-state index >= 15 is 0 Å². The maximum absolute atomic E-state index is 12.6. The van der Waals surface area contributed by atoms with Crippen LogP contribution in [0.5, 0.6) is 5.75 Å². The lowest BCUT2D eigenvalue weighted by Crippen LogP contribution is -2.39. The Hall–Kier alpha value is -2.50. The molecule has 1 aliphatic rings. The van der Waals surface area contributed by atoms with Crippen molar-refractivity contribution in [2.45, 2.75) is 65.8 Å². The summed E-state index contributed by atoms with van der Waals surface area (Å²) in [5, 5.41) is 20.5. The van der Waals surface area contributed by atoms with E-state index in [0.29, 0.717) is 29.7 Å². The summed E-state index contributed by atoms with van der Waals surface area (Å²) < 4.78 is 5.54. The molecule has 1 aromatic carbocycles. The molecule has 5 heteroatoms. The van der Waals surface area contributed by atoms with Gasteiger partial charge in [0.25, 0.3) is 5.79 Å². The van der Waals surface area contributed by atoms with Crippen LogP contribution in [0.25, 0.3) is 0 Å². The van der Waals surface area contributed by atoms with Crippen molar-refractivity contribution in [1.29, 1.82) is 0 Å². The van der Waals surface area contributed by atoms with Crippen LogP contribution < -0.4 is 4.74 Å². The number of ether oxygens (including phenoxy) is 1. The molecule has 2 N–H and O–H groups in total. The molecular weight excluding hydrogens is 368 g/mol. The predicted octanol–water partition coefficient (Wildman–Crippen LogP) is 4.22. The van der Waals surface area contributed by atoms with Crippen molar-refractivity contribution in [2.24, 2.45) is 0 Å². The van der Waals surface area contributed by atoms with E-state index in [-0.39, 0.29) is 12.2 Å². The molecule has 0 amide bonds. The maximum atomic E-state index is 12.6. The number of fused-ring (bicyclic) bond motifs is 1. The number of Topliss-reactive ketones (excluding diaryl/α,β-unsaturated/α-hetero) is 2. The Balaban J connectivity index is 1.94. The number of hydrogen-bond donors (Lipinski definition) is 2. The molecule has 0 aromatic heterocycles. The number of carbonyl (C=O) groups is 2. The van der Waals surface area contributed by atoms with E-state index in [9.17, 15) is 19.8 Å². The first-order valence-corrected chi connectivity index (χ1v) is 9.80. The molecule has 5 nitrogen and oxygen atoms in total. The fourth-order valence-electron chi connectivity index (χ4n) is 3.23. The highest BCUT2D eigenvalue weighted by molar-refractivity contribution is 6.07. The van der Waals surface area contributed by atoms with Crippen LogP contribution in [-0.2, 0) is 4.79 Å². The molecule has 0 fully saturated rings. The summed E-state index contributed by atoms with van der Waals surface area (Å²) in [6.45, 7) is 9.07. The fourth-order valence-corrected chi connectivity index (χ4v) is 3.23. The van der Waals surface area contributed by atoms with E-state index in [2.05, 4.69) is 0 Å². The van der Waals surface area contributed by atoms with Crippen molar-refractivity contribution >= 4 is 11.6 Å². The Labute approximate surface area is 172 Å². The van der Waals surface area contributed by atoms with Crippen LogP contribution in [0.2, 0.25) is 0 Å². The summed E-state index contributed by atoms with van der Waals surface area (Å²) in [6.07, 6.45) is 5.36. The van der Waals surface area contributed by atoms with Crippen molar-refractivity contribution in [2.75, 3.05) is 0 Å².